The van der Waals surface area contributed by atoms with E-state index in [1.54, 1.807) is 0 Å². The minimum atomic E-state index is -1.64. The van der Waals surface area contributed by atoms with E-state index in [1.165, 1.54) is 0 Å². The van der Waals surface area contributed by atoms with Crippen LogP contribution >= 0.6 is 0 Å². The third kappa shape index (κ3) is 3.17. The van der Waals surface area contributed by atoms with Crippen LogP contribution in [0.15, 0.2) is 23.0 Å². The van der Waals surface area contributed by atoms with Gasteiger partial charge >= 0.3 is 6.16 Å². The summed E-state index contributed by atoms with van der Waals surface area (Å²) in [6, 6.07) is 5.94. The van der Waals surface area contributed by atoms with E-state index < -0.39 is 23.2 Å². The number of benzene rings is 1. The Labute approximate surface area is 144 Å². The zero-order chi connectivity index (χ0) is 18.1. The monoisotopic (exact) mass is 344 g/mol. The van der Waals surface area contributed by atoms with Crippen LogP contribution in [-0.4, -0.2) is 35.4 Å². The van der Waals surface area contributed by atoms with Crippen LogP contribution in [0.1, 0.15) is 24.0 Å². The fourth-order valence-corrected chi connectivity index (χ4v) is 3.19. The highest BCUT2D eigenvalue weighted by atomic mass is 16.7. The molecule has 132 valence electrons. The lowest BCUT2D eigenvalue weighted by Gasteiger charge is -2.21. The van der Waals surface area contributed by atoms with Crippen molar-refractivity contribution >= 4 is 11.8 Å². The standard InChI is InChI=1S/C18H20N2O5/c1-20(2)11-7-8-12-10(9-11)5-3-4-6-13-14(12)19-17(22)16(15(13)21)25-18(23)24/h7-9H,3-6H2,1-2H3,(H,23,24)(H2,19,21,22). The highest BCUT2D eigenvalue weighted by molar-refractivity contribution is 5.74. The summed E-state index contributed by atoms with van der Waals surface area (Å²) in [5.41, 5.74) is 3.25. The number of fused-ring (bicyclic) bond motifs is 3. The molecule has 0 unspecified atom stereocenters. The van der Waals surface area contributed by atoms with Crippen LogP contribution in [0.25, 0.3) is 11.3 Å². The number of ether oxygens (including phenoxy) is 1. The number of aromatic hydroxyl groups is 1. The van der Waals surface area contributed by atoms with Crippen molar-refractivity contribution in [3.8, 4) is 22.8 Å². The number of H-pyrrole nitrogens is 1. The molecule has 3 rings (SSSR count). The molecule has 2 aromatic rings. The van der Waals surface area contributed by atoms with Crippen molar-refractivity contribution < 1.29 is 19.7 Å². The van der Waals surface area contributed by atoms with Gasteiger partial charge in [-0.3, -0.25) is 4.79 Å². The lowest BCUT2D eigenvalue weighted by Crippen LogP contribution is -2.18. The lowest BCUT2D eigenvalue weighted by molar-refractivity contribution is 0.142. The van der Waals surface area contributed by atoms with Crippen LogP contribution in [0, 0.1) is 0 Å². The van der Waals surface area contributed by atoms with Gasteiger partial charge in [-0.2, -0.15) is 0 Å². The van der Waals surface area contributed by atoms with E-state index in [2.05, 4.69) is 15.8 Å². The third-order valence-electron chi connectivity index (χ3n) is 4.43. The number of nitrogens with zero attached hydrogens (tertiary/aromatic N) is 1. The van der Waals surface area contributed by atoms with Gasteiger partial charge in [-0.1, -0.05) is 6.07 Å². The zero-order valence-corrected chi connectivity index (χ0v) is 14.1. The van der Waals surface area contributed by atoms with E-state index in [0.717, 1.165) is 36.1 Å². The van der Waals surface area contributed by atoms with Crippen LogP contribution in [0.2, 0.25) is 0 Å². The highest BCUT2D eigenvalue weighted by Crippen LogP contribution is 2.38. The molecule has 0 amide bonds. The Bertz CT molecular complexity index is 886. The van der Waals surface area contributed by atoms with Crippen molar-refractivity contribution in [3.63, 3.8) is 0 Å². The van der Waals surface area contributed by atoms with Gasteiger partial charge in [0.15, 0.2) is 5.75 Å². The van der Waals surface area contributed by atoms with Crippen LogP contribution in [0.3, 0.4) is 0 Å². The number of anilines is 1. The van der Waals surface area contributed by atoms with Crippen molar-refractivity contribution in [2.75, 3.05) is 19.0 Å². The molecule has 1 aromatic heterocycles. The van der Waals surface area contributed by atoms with Crippen LogP contribution in [0.4, 0.5) is 10.5 Å². The fourth-order valence-electron chi connectivity index (χ4n) is 3.19. The molecule has 0 bridgehead atoms. The van der Waals surface area contributed by atoms with Gasteiger partial charge in [0.2, 0.25) is 5.75 Å². The Kier molecular flexibility index (Phi) is 4.39. The Morgan fingerprint density at radius 1 is 1.24 bits per heavy atom. The Morgan fingerprint density at radius 2 is 1.96 bits per heavy atom. The molecule has 1 heterocycles. The summed E-state index contributed by atoms with van der Waals surface area (Å²) in [6.45, 7) is 0. The summed E-state index contributed by atoms with van der Waals surface area (Å²) in [5.74, 6) is -0.969. The number of hydrogen-bond acceptors (Lipinski definition) is 5. The first kappa shape index (κ1) is 16.9. The van der Waals surface area contributed by atoms with Gasteiger partial charge in [0, 0.05) is 30.9 Å². The molecule has 0 atom stereocenters. The van der Waals surface area contributed by atoms with E-state index in [9.17, 15) is 14.7 Å². The van der Waals surface area contributed by atoms with Gasteiger partial charge in [0.05, 0.1) is 5.69 Å². The molecular formula is C18H20N2O5. The van der Waals surface area contributed by atoms with Gasteiger partial charge < -0.3 is 24.8 Å². The molecule has 1 aliphatic rings. The maximum Gasteiger partial charge on any atom is 0.511 e. The number of aromatic amines is 1. The maximum atomic E-state index is 12.2. The number of rotatable bonds is 2. The first-order chi connectivity index (χ1) is 11.9. The topological polar surface area (TPSA) is 103 Å². The zero-order valence-electron chi connectivity index (χ0n) is 14.1. The smallest absolute Gasteiger partial charge is 0.504 e. The lowest BCUT2D eigenvalue weighted by atomic mass is 9.90. The molecule has 0 aliphatic heterocycles. The van der Waals surface area contributed by atoms with Crippen LogP contribution in [0.5, 0.6) is 11.5 Å². The molecule has 1 aromatic carbocycles. The summed E-state index contributed by atoms with van der Waals surface area (Å²) in [7, 11) is 3.92. The third-order valence-corrected chi connectivity index (χ3v) is 4.43. The molecule has 0 radical (unpaired) electrons. The summed E-state index contributed by atoms with van der Waals surface area (Å²) in [6.07, 6.45) is 1.50. The van der Waals surface area contributed by atoms with E-state index in [0.29, 0.717) is 17.7 Å². The number of hydrogen-bond donors (Lipinski definition) is 3. The van der Waals surface area contributed by atoms with Gasteiger partial charge in [-0.25, -0.2) is 4.79 Å². The van der Waals surface area contributed by atoms with E-state index >= 15 is 0 Å². The van der Waals surface area contributed by atoms with E-state index in [1.807, 2.05) is 31.1 Å². The second-order valence-corrected chi connectivity index (χ2v) is 6.30. The number of nitrogens with one attached hydrogen (secondary N) is 1. The number of aromatic nitrogens is 1. The second-order valence-electron chi connectivity index (χ2n) is 6.30. The van der Waals surface area contributed by atoms with Gasteiger partial charge in [0.25, 0.3) is 5.56 Å². The summed E-state index contributed by atoms with van der Waals surface area (Å²) in [5, 5.41) is 19.2. The molecule has 25 heavy (non-hydrogen) atoms. The SMILES string of the molecule is CN(C)c1ccc2c(c1)CCCCc1c-2[nH]c(=O)c(OC(=O)O)c1O. The van der Waals surface area contributed by atoms with Gasteiger partial charge in [0.1, 0.15) is 0 Å². The largest absolute Gasteiger partial charge is 0.511 e. The highest BCUT2D eigenvalue weighted by Gasteiger charge is 2.23. The first-order valence-electron chi connectivity index (χ1n) is 8.08. The van der Waals surface area contributed by atoms with Crippen LogP contribution in [-0.2, 0) is 12.8 Å². The van der Waals surface area contributed by atoms with Crippen molar-refractivity contribution in [3.05, 3.63) is 39.7 Å². The Morgan fingerprint density at radius 3 is 2.64 bits per heavy atom. The normalized spacial score (nSPS) is 13.2. The number of pyridine rings is 1. The Balaban J connectivity index is 2.22. The van der Waals surface area contributed by atoms with E-state index in [-0.39, 0.29) is 0 Å². The van der Waals surface area contributed by atoms with Crippen LogP contribution < -0.4 is 15.2 Å². The number of carbonyl (C=O) groups is 1. The van der Waals surface area contributed by atoms with Crippen molar-refractivity contribution in [2.24, 2.45) is 0 Å². The molecular weight excluding hydrogens is 324 g/mol. The average Bonchev–Trinajstić information content (AvgIpc) is 2.54. The average molecular weight is 344 g/mol. The summed E-state index contributed by atoms with van der Waals surface area (Å²) in [4.78, 5) is 27.7. The van der Waals surface area contributed by atoms with Crippen molar-refractivity contribution in [2.45, 2.75) is 25.7 Å². The molecule has 1 aliphatic carbocycles. The summed E-state index contributed by atoms with van der Waals surface area (Å²) < 4.78 is 4.47. The number of carboxylic acid groups (broad SMARTS) is 1. The fraction of sp³-hybridized carbons (Fsp3) is 0.333. The van der Waals surface area contributed by atoms with E-state index in [4.69, 9.17) is 5.11 Å². The maximum absolute atomic E-state index is 12.2. The number of aryl methyl sites for hydroxylation is 1. The molecule has 7 heteroatoms. The molecule has 0 fully saturated rings. The quantitative estimate of drug-likeness (QED) is 0.724. The minimum Gasteiger partial charge on any atom is -0.504 e. The van der Waals surface area contributed by atoms with Gasteiger partial charge in [-0.15, -0.1) is 0 Å². The minimum absolute atomic E-state index is 0.398. The van der Waals surface area contributed by atoms with Gasteiger partial charge in [-0.05, 0) is 43.4 Å². The predicted octanol–water partition coefficient (Wildman–Crippen LogP) is 2.75. The Hall–Kier alpha value is -2.96. The molecule has 0 spiro atoms. The summed E-state index contributed by atoms with van der Waals surface area (Å²) >= 11 is 0. The molecule has 3 N–H and O–H groups in total. The molecule has 7 nitrogen and oxygen atoms in total. The molecule has 0 saturated heterocycles. The second kappa shape index (κ2) is 6.51. The first-order valence-corrected chi connectivity index (χ1v) is 8.08. The molecule has 0 saturated carbocycles. The van der Waals surface area contributed by atoms with Crippen molar-refractivity contribution in [1.82, 2.24) is 4.98 Å². The predicted molar refractivity (Wildman–Crippen MR) is 93.8 cm³/mol. The van der Waals surface area contributed by atoms with Crippen molar-refractivity contribution in [1.29, 1.82) is 0 Å².